The summed E-state index contributed by atoms with van der Waals surface area (Å²) in [5, 5.41) is 0. The van der Waals surface area contributed by atoms with Crippen LogP contribution in [0.4, 0.5) is 0 Å². The van der Waals surface area contributed by atoms with Gasteiger partial charge in [0, 0.05) is 0 Å². The molecule has 1 saturated carbocycles. The Labute approximate surface area is 84.1 Å². The van der Waals surface area contributed by atoms with Gasteiger partial charge in [0.2, 0.25) is 0 Å². The maximum atomic E-state index is 2.52. The van der Waals surface area contributed by atoms with Crippen LogP contribution in [-0.4, -0.2) is 0 Å². The molecule has 0 bridgehead atoms. The highest BCUT2D eigenvalue weighted by Gasteiger charge is 2.24. The van der Waals surface area contributed by atoms with E-state index in [-0.39, 0.29) is 0 Å². The van der Waals surface area contributed by atoms with Crippen LogP contribution < -0.4 is 0 Å². The summed E-state index contributed by atoms with van der Waals surface area (Å²) in [6.07, 6.45) is 14.7. The van der Waals surface area contributed by atoms with E-state index in [2.05, 4.69) is 13.8 Å². The smallest absolute Gasteiger partial charge is 0.0326 e. The predicted octanol–water partition coefficient (Wildman–Crippen LogP) is 4.93. The van der Waals surface area contributed by atoms with Gasteiger partial charge in [0.05, 0.1) is 0 Å². The monoisotopic (exact) mass is 182 g/mol. The summed E-state index contributed by atoms with van der Waals surface area (Å²) in [4.78, 5) is 0. The largest absolute Gasteiger partial charge is 0.0654 e. The predicted molar refractivity (Wildman–Crippen MR) is 60.0 cm³/mol. The molecular weight excluding hydrogens is 156 g/mol. The van der Waals surface area contributed by atoms with Crippen LogP contribution >= 0.6 is 0 Å². The molecule has 0 heterocycles. The fourth-order valence-corrected chi connectivity index (χ4v) is 2.63. The molecule has 0 aromatic carbocycles. The summed E-state index contributed by atoms with van der Waals surface area (Å²) in [6, 6.07) is 0. The van der Waals surface area contributed by atoms with Gasteiger partial charge in [-0.3, -0.25) is 0 Å². The molecule has 78 valence electrons. The highest BCUT2D eigenvalue weighted by Crippen LogP contribution is 2.38. The Hall–Kier alpha value is 0. The van der Waals surface area contributed by atoms with Gasteiger partial charge in [-0.05, 0) is 24.7 Å². The molecule has 0 amide bonds. The number of hydrogen-bond donors (Lipinski definition) is 0. The molecule has 0 spiro atoms. The average Bonchev–Trinajstić information content (AvgIpc) is 2.31. The minimum atomic E-state index is 0.714. The van der Waals surface area contributed by atoms with E-state index < -0.39 is 0 Å². The first kappa shape index (κ1) is 11.1. The van der Waals surface area contributed by atoms with E-state index in [1.165, 1.54) is 64.2 Å². The van der Waals surface area contributed by atoms with Gasteiger partial charge in [-0.15, -0.1) is 0 Å². The lowest BCUT2D eigenvalue weighted by atomic mass is 9.78. The minimum absolute atomic E-state index is 0.714. The van der Waals surface area contributed by atoms with E-state index in [4.69, 9.17) is 0 Å². The van der Waals surface area contributed by atoms with Crippen LogP contribution in [0.1, 0.15) is 78.1 Å². The Balaban J connectivity index is 2.25. The highest BCUT2D eigenvalue weighted by atomic mass is 14.3. The number of unbranched alkanes of at least 4 members (excludes halogenated alkanes) is 2. The standard InChI is InChI=1S/C13H26/c1-3-4-7-10-13(2)11-8-5-6-9-12-13/h3-12H2,1-2H3. The summed E-state index contributed by atoms with van der Waals surface area (Å²) in [6.45, 7) is 4.82. The summed E-state index contributed by atoms with van der Waals surface area (Å²) in [5.74, 6) is 0. The zero-order valence-electron chi connectivity index (χ0n) is 9.57. The third-order valence-corrected chi connectivity index (χ3v) is 3.69. The molecule has 1 aliphatic rings. The van der Waals surface area contributed by atoms with Crippen molar-refractivity contribution in [2.24, 2.45) is 5.41 Å². The van der Waals surface area contributed by atoms with E-state index in [9.17, 15) is 0 Å². The van der Waals surface area contributed by atoms with Crippen LogP contribution in [0.3, 0.4) is 0 Å². The van der Waals surface area contributed by atoms with Crippen LogP contribution in [0.5, 0.6) is 0 Å². The van der Waals surface area contributed by atoms with Crippen LogP contribution in [0.15, 0.2) is 0 Å². The van der Waals surface area contributed by atoms with E-state index in [0.717, 1.165) is 0 Å². The SMILES string of the molecule is CCCCCC1(C)CCCCCC1. The molecular formula is C13H26. The third-order valence-electron chi connectivity index (χ3n) is 3.69. The summed E-state index contributed by atoms with van der Waals surface area (Å²) >= 11 is 0. The van der Waals surface area contributed by atoms with Gasteiger partial charge in [-0.2, -0.15) is 0 Å². The molecule has 0 aromatic heterocycles. The molecule has 0 atom stereocenters. The van der Waals surface area contributed by atoms with E-state index in [1.807, 2.05) is 0 Å². The van der Waals surface area contributed by atoms with Crippen LogP contribution in [-0.2, 0) is 0 Å². The molecule has 0 radical (unpaired) electrons. The Morgan fingerprint density at radius 1 is 0.923 bits per heavy atom. The lowest BCUT2D eigenvalue weighted by Crippen LogP contribution is -2.14. The molecule has 0 N–H and O–H groups in total. The van der Waals surface area contributed by atoms with E-state index in [1.54, 1.807) is 0 Å². The number of hydrogen-bond acceptors (Lipinski definition) is 0. The zero-order chi connectivity index (χ0) is 9.57. The number of rotatable bonds is 4. The maximum Gasteiger partial charge on any atom is -0.0326 e. The van der Waals surface area contributed by atoms with Crippen molar-refractivity contribution >= 4 is 0 Å². The van der Waals surface area contributed by atoms with Gasteiger partial charge >= 0.3 is 0 Å². The molecule has 1 aliphatic carbocycles. The van der Waals surface area contributed by atoms with Crippen molar-refractivity contribution in [3.05, 3.63) is 0 Å². The van der Waals surface area contributed by atoms with Crippen molar-refractivity contribution < 1.29 is 0 Å². The quantitative estimate of drug-likeness (QED) is 0.427. The first-order valence-electron chi connectivity index (χ1n) is 6.27. The van der Waals surface area contributed by atoms with Crippen LogP contribution in [0.25, 0.3) is 0 Å². The molecule has 1 fully saturated rings. The Morgan fingerprint density at radius 2 is 1.54 bits per heavy atom. The van der Waals surface area contributed by atoms with Crippen LogP contribution in [0, 0.1) is 5.41 Å². The first-order valence-corrected chi connectivity index (χ1v) is 6.27. The fourth-order valence-electron chi connectivity index (χ4n) is 2.63. The normalized spacial score (nSPS) is 22.6. The second-order valence-electron chi connectivity index (χ2n) is 5.18. The minimum Gasteiger partial charge on any atom is -0.0654 e. The summed E-state index contributed by atoms with van der Waals surface area (Å²) in [7, 11) is 0. The molecule has 0 aromatic rings. The van der Waals surface area contributed by atoms with Crippen molar-refractivity contribution in [2.45, 2.75) is 78.1 Å². The van der Waals surface area contributed by atoms with Gasteiger partial charge in [0.25, 0.3) is 0 Å². The molecule has 0 unspecified atom stereocenters. The molecule has 0 heteroatoms. The summed E-state index contributed by atoms with van der Waals surface area (Å²) in [5.41, 5.74) is 0.714. The fraction of sp³-hybridized carbons (Fsp3) is 1.00. The lowest BCUT2D eigenvalue weighted by molar-refractivity contribution is 0.245. The average molecular weight is 182 g/mol. The lowest BCUT2D eigenvalue weighted by Gasteiger charge is -2.28. The molecule has 0 aliphatic heterocycles. The topological polar surface area (TPSA) is 0 Å². The van der Waals surface area contributed by atoms with Crippen molar-refractivity contribution in [1.29, 1.82) is 0 Å². The second-order valence-corrected chi connectivity index (χ2v) is 5.18. The third kappa shape index (κ3) is 4.15. The zero-order valence-corrected chi connectivity index (χ0v) is 9.57. The van der Waals surface area contributed by atoms with Crippen molar-refractivity contribution in [3.8, 4) is 0 Å². The summed E-state index contributed by atoms with van der Waals surface area (Å²) < 4.78 is 0. The second kappa shape index (κ2) is 5.67. The van der Waals surface area contributed by atoms with Crippen molar-refractivity contribution in [2.75, 3.05) is 0 Å². The Morgan fingerprint density at radius 3 is 2.08 bits per heavy atom. The van der Waals surface area contributed by atoms with Gasteiger partial charge in [-0.1, -0.05) is 58.8 Å². The van der Waals surface area contributed by atoms with Gasteiger partial charge < -0.3 is 0 Å². The van der Waals surface area contributed by atoms with Gasteiger partial charge in [0.15, 0.2) is 0 Å². The maximum absolute atomic E-state index is 2.52. The van der Waals surface area contributed by atoms with Crippen LogP contribution in [0.2, 0.25) is 0 Å². The molecule has 0 nitrogen and oxygen atoms in total. The van der Waals surface area contributed by atoms with Crippen molar-refractivity contribution in [1.82, 2.24) is 0 Å². The first-order chi connectivity index (χ1) is 6.27. The van der Waals surface area contributed by atoms with E-state index >= 15 is 0 Å². The molecule has 0 saturated heterocycles. The Bertz CT molecular complexity index is 118. The molecule has 13 heavy (non-hydrogen) atoms. The molecule has 1 rings (SSSR count). The van der Waals surface area contributed by atoms with E-state index in [0.29, 0.717) is 5.41 Å². The van der Waals surface area contributed by atoms with Gasteiger partial charge in [0.1, 0.15) is 0 Å². The van der Waals surface area contributed by atoms with Crippen molar-refractivity contribution in [3.63, 3.8) is 0 Å². The highest BCUT2D eigenvalue weighted by molar-refractivity contribution is 4.76. The van der Waals surface area contributed by atoms with Gasteiger partial charge in [-0.25, -0.2) is 0 Å². The Kier molecular flexibility index (Phi) is 4.83.